The van der Waals surface area contributed by atoms with Gasteiger partial charge in [-0.25, -0.2) is 14.2 Å². The van der Waals surface area contributed by atoms with Crippen molar-refractivity contribution >= 4 is 17.6 Å². The molecule has 14 heteroatoms. The Morgan fingerprint density at radius 2 is 1.86 bits per heavy atom. The second-order valence-electron chi connectivity index (χ2n) is 8.48. The number of aryl methyl sites for hydroxylation is 1. The normalized spacial score (nSPS) is 23.7. The van der Waals surface area contributed by atoms with E-state index in [9.17, 15) is 40.3 Å². The summed E-state index contributed by atoms with van der Waals surface area (Å²) in [5.74, 6) is -10.2. The average molecular weight is 538 g/mol. The summed E-state index contributed by atoms with van der Waals surface area (Å²) in [5, 5.41) is 2.33. The van der Waals surface area contributed by atoms with Crippen LogP contribution < -0.4 is 10.1 Å². The lowest BCUT2D eigenvalue weighted by Gasteiger charge is -2.32. The van der Waals surface area contributed by atoms with Crippen molar-refractivity contribution in [2.45, 2.75) is 51.2 Å². The summed E-state index contributed by atoms with van der Waals surface area (Å²) in [5.41, 5.74) is -3.57. The zero-order valence-electron chi connectivity index (χ0n) is 19.8. The quantitative estimate of drug-likeness (QED) is 0.405. The third-order valence-corrected chi connectivity index (χ3v) is 6.33. The molecule has 1 aromatic heterocycles. The van der Waals surface area contributed by atoms with E-state index in [1.807, 2.05) is 0 Å². The lowest BCUT2D eigenvalue weighted by molar-refractivity contribution is -0.272. The van der Waals surface area contributed by atoms with Gasteiger partial charge in [-0.05, 0) is 31.5 Å². The molecule has 1 fully saturated rings. The van der Waals surface area contributed by atoms with Crippen molar-refractivity contribution in [3.05, 3.63) is 52.9 Å². The van der Waals surface area contributed by atoms with Crippen LogP contribution in [0.1, 0.15) is 41.4 Å². The maximum atomic E-state index is 14.5. The molecule has 1 aliphatic heterocycles. The fraction of sp³-hybridized carbons (Fsp3) is 0.435. The minimum Gasteiger partial charge on any atom is -0.464 e. The van der Waals surface area contributed by atoms with Crippen LogP contribution in [0.25, 0.3) is 0 Å². The number of alkyl halides is 5. The van der Waals surface area contributed by atoms with Crippen molar-refractivity contribution in [2.75, 3.05) is 12.4 Å². The van der Waals surface area contributed by atoms with Crippen LogP contribution in [0.2, 0.25) is 0 Å². The zero-order chi connectivity index (χ0) is 27.9. The third-order valence-electron chi connectivity index (χ3n) is 6.33. The Morgan fingerprint density at radius 1 is 1.22 bits per heavy atom. The van der Waals surface area contributed by atoms with Crippen LogP contribution in [0, 0.1) is 24.5 Å². The number of nitrogens with zero attached hydrogens (tertiary/aromatic N) is 1. The minimum atomic E-state index is -5.05. The smallest absolute Gasteiger partial charge is 0.417 e. The predicted molar refractivity (Wildman–Crippen MR) is 113 cm³/mol. The summed E-state index contributed by atoms with van der Waals surface area (Å²) in [7, 11) is 1.08. The van der Waals surface area contributed by atoms with Gasteiger partial charge in [-0.1, -0.05) is 13.0 Å². The number of rotatable bonds is 6. The van der Waals surface area contributed by atoms with Gasteiger partial charge in [0, 0.05) is 29.3 Å². The van der Waals surface area contributed by atoms with Crippen molar-refractivity contribution < 1.29 is 54.5 Å². The van der Waals surface area contributed by atoms with Crippen LogP contribution in [-0.4, -0.2) is 48.5 Å². The van der Waals surface area contributed by atoms with E-state index in [-0.39, 0.29) is 11.4 Å². The van der Waals surface area contributed by atoms with Crippen LogP contribution in [0.5, 0.6) is 5.75 Å². The predicted octanol–water partition coefficient (Wildman–Crippen LogP) is 5.13. The van der Waals surface area contributed by atoms with E-state index in [2.05, 4.69) is 19.8 Å². The average Bonchev–Trinajstić information content (AvgIpc) is 3.09. The first-order chi connectivity index (χ1) is 17.1. The number of hydrogen-bond donors (Lipinski definition) is 1. The second-order valence-corrected chi connectivity index (χ2v) is 8.48. The number of hydrogen-bond acceptors (Lipinski definition) is 6. The first-order valence-electron chi connectivity index (χ1n) is 10.7. The molecule has 1 amide bonds. The van der Waals surface area contributed by atoms with E-state index >= 15 is 0 Å². The summed E-state index contributed by atoms with van der Waals surface area (Å²) < 4.78 is 110. The van der Waals surface area contributed by atoms with Crippen molar-refractivity contribution in [2.24, 2.45) is 5.92 Å². The van der Waals surface area contributed by atoms with Crippen LogP contribution >= 0.6 is 0 Å². The Kier molecular flexibility index (Phi) is 7.72. The lowest BCUT2D eigenvalue weighted by atomic mass is 9.77. The molecule has 0 radical (unpaired) electrons. The van der Waals surface area contributed by atoms with Gasteiger partial charge in [0.2, 0.25) is 5.82 Å². The maximum Gasteiger partial charge on any atom is 0.417 e. The SMILES string of the molecule is COC(=O)c1cc(NC(=O)C2O[C@@](C)(C(F)(F)F)[C@@H](C)C2c2ccc(F)c(F)c2OC(F)F)c(C)cn1. The van der Waals surface area contributed by atoms with Crippen LogP contribution in [-0.2, 0) is 14.3 Å². The molecule has 0 saturated carbocycles. The molecule has 0 bridgehead atoms. The molecule has 3 rings (SSSR count). The first kappa shape index (κ1) is 28.2. The van der Waals surface area contributed by atoms with Gasteiger partial charge in [0.15, 0.2) is 17.2 Å². The lowest BCUT2D eigenvalue weighted by Crippen LogP contribution is -2.47. The Bertz CT molecular complexity index is 1210. The fourth-order valence-corrected chi connectivity index (χ4v) is 4.12. The molecule has 1 aromatic carbocycles. The number of nitrogens with one attached hydrogen (secondary N) is 1. The van der Waals surface area contributed by atoms with Crippen molar-refractivity contribution in [3.8, 4) is 5.75 Å². The van der Waals surface area contributed by atoms with Gasteiger partial charge < -0.3 is 19.5 Å². The fourth-order valence-electron chi connectivity index (χ4n) is 4.12. The first-order valence-corrected chi connectivity index (χ1v) is 10.7. The van der Waals surface area contributed by atoms with Crippen LogP contribution in [0.15, 0.2) is 24.4 Å². The molecule has 2 heterocycles. The van der Waals surface area contributed by atoms with E-state index in [1.165, 1.54) is 13.1 Å². The number of anilines is 1. The molecule has 1 saturated heterocycles. The minimum absolute atomic E-state index is 0.0367. The Hall–Kier alpha value is -3.42. The zero-order valence-corrected chi connectivity index (χ0v) is 19.8. The number of pyridine rings is 1. The highest BCUT2D eigenvalue weighted by Gasteiger charge is 2.66. The Labute approximate surface area is 205 Å². The second kappa shape index (κ2) is 10.1. The Balaban J connectivity index is 2.12. The van der Waals surface area contributed by atoms with Crippen LogP contribution in [0.4, 0.5) is 36.4 Å². The van der Waals surface area contributed by atoms with E-state index in [4.69, 9.17) is 4.74 Å². The van der Waals surface area contributed by atoms with E-state index < -0.39 is 71.2 Å². The summed E-state index contributed by atoms with van der Waals surface area (Å²) >= 11 is 0. The monoisotopic (exact) mass is 538 g/mol. The number of esters is 1. The van der Waals surface area contributed by atoms with E-state index in [0.717, 1.165) is 26.2 Å². The van der Waals surface area contributed by atoms with Gasteiger partial charge in [0.1, 0.15) is 11.8 Å². The van der Waals surface area contributed by atoms with Crippen molar-refractivity contribution in [1.29, 1.82) is 0 Å². The molecule has 7 nitrogen and oxygen atoms in total. The molecule has 2 unspecified atom stereocenters. The molecule has 0 aliphatic carbocycles. The summed E-state index contributed by atoms with van der Waals surface area (Å²) in [6, 6.07) is 2.39. The molecular weight excluding hydrogens is 517 g/mol. The van der Waals surface area contributed by atoms with Gasteiger partial charge in [-0.3, -0.25) is 4.79 Å². The number of halogens is 7. The van der Waals surface area contributed by atoms with Gasteiger partial charge in [0.05, 0.1) is 7.11 Å². The highest BCUT2D eigenvalue weighted by molar-refractivity contribution is 5.97. The van der Waals surface area contributed by atoms with E-state index in [1.54, 1.807) is 0 Å². The number of methoxy groups -OCH3 is 1. The number of carbonyl (C=O) groups excluding carboxylic acids is 2. The third kappa shape index (κ3) is 5.20. The van der Waals surface area contributed by atoms with Gasteiger partial charge in [0.25, 0.3) is 5.91 Å². The standard InChI is InChI=1S/C23H21F7N2O5/c1-9-8-31-14(20(34)35-4)7-13(9)32-19(33)18-15(10(2)22(3,37-18)23(28,29)30)11-5-6-12(24)16(25)17(11)36-21(26)27/h5-8,10,15,18,21H,1-4H3,(H,31,32,33)/t10-,15?,18?,22+/m0/s1. The molecule has 2 aromatic rings. The molecule has 0 spiro atoms. The molecule has 1 aliphatic rings. The number of aromatic nitrogens is 1. The Morgan fingerprint density at radius 3 is 2.43 bits per heavy atom. The largest absolute Gasteiger partial charge is 0.464 e. The molecular formula is C23H21F7N2O5. The van der Waals surface area contributed by atoms with E-state index in [0.29, 0.717) is 18.6 Å². The number of benzene rings is 1. The highest BCUT2D eigenvalue weighted by Crippen LogP contribution is 2.55. The topological polar surface area (TPSA) is 86.8 Å². The summed E-state index contributed by atoms with van der Waals surface area (Å²) in [6.45, 7) is -0.488. The van der Waals surface area contributed by atoms with Gasteiger partial charge in [-0.15, -0.1) is 0 Å². The van der Waals surface area contributed by atoms with Crippen molar-refractivity contribution in [1.82, 2.24) is 4.98 Å². The summed E-state index contributed by atoms with van der Waals surface area (Å²) in [4.78, 5) is 28.9. The van der Waals surface area contributed by atoms with Gasteiger partial charge >= 0.3 is 18.8 Å². The molecule has 202 valence electrons. The van der Waals surface area contributed by atoms with Crippen LogP contribution in [0.3, 0.4) is 0 Å². The maximum absolute atomic E-state index is 14.5. The summed E-state index contributed by atoms with van der Waals surface area (Å²) in [6.07, 6.45) is -5.88. The molecule has 1 N–H and O–H groups in total. The molecule has 37 heavy (non-hydrogen) atoms. The number of ether oxygens (including phenoxy) is 3. The molecule has 4 atom stereocenters. The van der Waals surface area contributed by atoms with Crippen molar-refractivity contribution in [3.63, 3.8) is 0 Å². The highest BCUT2D eigenvalue weighted by atomic mass is 19.4. The number of carbonyl (C=O) groups is 2. The number of amides is 1. The van der Waals surface area contributed by atoms with Gasteiger partial charge in [-0.2, -0.15) is 26.3 Å².